The third-order valence-corrected chi connectivity index (χ3v) is 4.31. The first-order valence-electron chi connectivity index (χ1n) is 7.71. The van der Waals surface area contributed by atoms with Crippen molar-refractivity contribution in [2.24, 2.45) is 0 Å². The molecule has 0 aromatic heterocycles. The Hall–Kier alpha value is -2.29. The van der Waals surface area contributed by atoms with Gasteiger partial charge in [0, 0.05) is 12.2 Å². The molecule has 0 spiro atoms. The molecule has 3 rings (SSSR count). The van der Waals surface area contributed by atoms with Crippen molar-refractivity contribution in [1.82, 2.24) is 0 Å². The van der Waals surface area contributed by atoms with Gasteiger partial charge in [-0.25, -0.2) is 0 Å². The molecule has 1 aliphatic heterocycles. The number of hydrogen-bond acceptors (Lipinski definition) is 2. The number of carbonyl (C=O) groups is 1. The lowest BCUT2D eigenvalue weighted by molar-refractivity contribution is -0.118. The number of methoxy groups -OCH3 is 1. The Morgan fingerprint density at radius 1 is 1.23 bits per heavy atom. The number of benzene rings is 2. The van der Waals surface area contributed by atoms with E-state index in [2.05, 4.69) is 13.0 Å². The minimum absolute atomic E-state index is 0.167. The van der Waals surface area contributed by atoms with Gasteiger partial charge in [-0.1, -0.05) is 24.3 Å². The van der Waals surface area contributed by atoms with Gasteiger partial charge in [0.25, 0.3) is 0 Å². The second-order valence-electron chi connectivity index (χ2n) is 5.75. The van der Waals surface area contributed by atoms with E-state index in [4.69, 9.17) is 4.74 Å². The van der Waals surface area contributed by atoms with Gasteiger partial charge in [-0.2, -0.15) is 0 Å². The van der Waals surface area contributed by atoms with Crippen molar-refractivity contribution < 1.29 is 9.53 Å². The number of rotatable bonds is 3. The first-order chi connectivity index (χ1) is 10.7. The smallest absolute Gasteiger partial charge is 0.231 e. The van der Waals surface area contributed by atoms with E-state index in [0.717, 1.165) is 36.4 Å². The Bertz CT molecular complexity index is 694. The molecule has 0 saturated heterocycles. The summed E-state index contributed by atoms with van der Waals surface area (Å²) in [6, 6.07) is 14.1. The van der Waals surface area contributed by atoms with Crippen LogP contribution in [0.2, 0.25) is 0 Å². The summed E-state index contributed by atoms with van der Waals surface area (Å²) in [4.78, 5) is 14.7. The molecule has 1 aliphatic rings. The van der Waals surface area contributed by atoms with Crippen molar-refractivity contribution in [3.8, 4) is 5.75 Å². The monoisotopic (exact) mass is 295 g/mol. The molecule has 3 heteroatoms. The predicted octanol–water partition coefficient (Wildman–Crippen LogP) is 3.53. The maximum absolute atomic E-state index is 12.7. The van der Waals surface area contributed by atoms with Crippen molar-refractivity contribution in [2.75, 3.05) is 18.6 Å². The normalized spacial score (nSPS) is 13.6. The Morgan fingerprint density at radius 3 is 2.82 bits per heavy atom. The van der Waals surface area contributed by atoms with Crippen LogP contribution in [0.1, 0.15) is 23.1 Å². The van der Waals surface area contributed by atoms with Crippen LogP contribution in [0, 0.1) is 6.92 Å². The number of fused-ring (bicyclic) bond motifs is 1. The lowest BCUT2D eigenvalue weighted by atomic mass is 9.99. The Balaban J connectivity index is 1.84. The van der Waals surface area contributed by atoms with Gasteiger partial charge in [0.2, 0.25) is 5.91 Å². The van der Waals surface area contributed by atoms with E-state index in [0.29, 0.717) is 6.42 Å². The number of carbonyl (C=O) groups excluding carboxylic acids is 1. The van der Waals surface area contributed by atoms with Crippen LogP contribution in [-0.4, -0.2) is 19.6 Å². The molecule has 0 unspecified atom stereocenters. The fraction of sp³-hybridized carbons (Fsp3) is 0.316. The second kappa shape index (κ2) is 6.22. The van der Waals surface area contributed by atoms with Crippen LogP contribution in [0.4, 0.5) is 5.69 Å². The van der Waals surface area contributed by atoms with Crippen LogP contribution in [0.5, 0.6) is 5.75 Å². The molecule has 1 amide bonds. The number of aryl methyl sites for hydroxylation is 2. The SMILES string of the molecule is COc1ccc2c(c1)CCCN2C(=O)Cc1ccccc1C. The summed E-state index contributed by atoms with van der Waals surface area (Å²) >= 11 is 0. The fourth-order valence-corrected chi connectivity index (χ4v) is 3.03. The summed E-state index contributed by atoms with van der Waals surface area (Å²) in [5.74, 6) is 1.02. The van der Waals surface area contributed by atoms with E-state index >= 15 is 0 Å². The molecule has 2 aromatic rings. The third kappa shape index (κ3) is 2.84. The average Bonchev–Trinajstić information content (AvgIpc) is 2.55. The van der Waals surface area contributed by atoms with Crippen LogP contribution < -0.4 is 9.64 Å². The van der Waals surface area contributed by atoms with Crippen LogP contribution in [0.15, 0.2) is 42.5 Å². The predicted molar refractivity (Wildman–Crippen MR) is 88.6 cm³/mol. The lowest BCUT2D eigenvalue weighted by Crippen LogP contribution is -2.36. The average molecular weight is 295 g/mol. The molecule has 3 nitrogen and oxygen atoms in total. The van der Waals surface area contributed by atoms with E-state index in [-0.39, 0.29) is 5.91 Å². The largest absolute Gasteiger partial charge is 0.497 e. The Labute approximate surface area is 131 Å². The van der Waals surface area contributed by atoms with Gasteiger partial charge >= 0.3 is 0 Å². The summed E-state index contributed by atoms with van der Waals surface area (Å²) in [6.07, 6.45) is 2.46. The molecule has 2 aromatic carbocycles. The number of hydrogen-bond donors (Lipinski definition) is 0. The number of anilines is 1. The number of ether oxygens (including phenoxy) is 1. The van der Waals surface area contributed by atoms with E-state index in [1.165, 1.54) is 11.1 Å². The standard InChI is InChI=1S/C19H21NO2/c1-14-6-3-4-7-15(14)13-19(21)20-11-5-8-16-12-17(22-2)9-10-18(16)20/h3-4,6-7,9-10,12H,5,8,11,13H2,1-2H3. The zero-order chi connectivity index (χ0) is 15.5. The fourth-order valence-electron chi connectivity index (χ4n) is 3.03. The molecule has 0 N–H and O–H groups in total. The van der Waals surface area contributed by atoms with Gasteiger partial charge < -0.3 is 9.64 Å². The molecule has 22 heavy (non-hydrogen) atoms. The van der Waals surface area contributed by atoms with Crippen molar-refractivity contribution >= 4 is 11.6 Å². The van der Waals surface area contributed by atoms with Gasteiger partial charge in [0.05, 0.1) is 13.5 Å². The maximum Gasteiger partial charge on any atom is 0.231 e. The van der Waals surface area contributed by atoms with Gasteiger partial charge in [0.1, 0.15) is 5.75 Å². The van der Waals surface area contributed by atoms with E-state index in [1.54, 1.807) is 7.11 Å². The van der Waals surface area contributed by atoms with Crippen LogP contribution in [0.25, 0.3) is 0 Å². The van der Waals surface area contributed by atoms with Crippen LogP contribution >= 0.6 is 0 Å². The molecule has 1 heterocycles. The highest BCUT2D eigenvalue weighted by Gasteiger charge is 2.23. The summed E-state index contributed by atoms with van der Waals surface area (Å²) < 4.78 is 5.28. The third-order valence-electron chi connectivity index (χ3n) is 4.31. The molecule has 0 radical (unpaired) electrons. The lowest BCUT2D eigenvalue weighted by Gasteiger charge is -2.30. The molecule has 0 fully saturated rings. The molecule has 0 saturated carbocycles. The summed E-state index contributed by atoms with van der Waals surface area (Å²) in [7, 11) is 1.67. The highest BCUT2D eigenvalue weighted by molar-refractivity contribution is 5.96. The van der Waals surface area contributed by atoms with Crippen LogP contribution in [-0.2, 0) is 17.6 Å². The molecular formula is C19H21NO2. The van der Waals surface area contributed by atoms with Gasteiger partial charge in [-0.3, -0.25) is 4.79 Å². The zero-order valence-corrected chi connectivity index (χ0v) is 13.1. The highest BCUT2D eigenvalue weighted by atomic mass is 16.5. The molecule has 114 valence electrons. The van der Waals surface area contributed by atoms with Crippen molar-refractivity contribution in [1.29, 1.82) is 0 Å². The molecule has 0 atom stereocenters. The summed E-state index contributed by atoms with van der Waals surface area (Å²) in [6.45, 7) is 2.85. The molecule has 0 bridgehead atoms. The van der Waals surface area contributed by atoms with Crippen LogP contribution in [0.3, 0.4) is 0 Å². The van der Waals surface area contributed by atoms with Crippen molar-refractivity contribution in [2.45, 2.75) is 26.2 Å². The van der Waals surface area contributed by atoms with E-state index < -0.39 is 0 Å². The van der Waals surface area contributed by atoms with Gasteiger partial charge in [-0.05, 0) is 54.7 Å². The Morgan fingerprint density at radius 2 is 2.05 bits per heavy atom. The zero-order valence-electron chi connectivity index (χ0n) is 13.1. The van der Waals surface area contributed by atoms with E-state index in [1.807, 2.05) is 41.3 Å². The summed E-state index contributed by atoms with van der Waals surface area (Å²) in [5.41, 5.74) is 4.50. The first-order valence-corrected chi connectivity index (χ1v) is 7.71. The summed E-state index contributed by atoms with van der Waals surface area (Å²) in [5, 5.41) is 0. The van der Waals surface area contributed by atoms with E-state index in [9.17, 15) is 4.79 Å². The van der Waals surface area contributed by atoms with Crippen molar-refractivity contribution in [3.63, 3.8) is 0 Å². The molecular weight excluding hydrogens is 274 g/mol. The first kappa shape index (κ1) is 14.6. The maximum atomic E-state index is 12.7. The number of amides is 1. The highest BCUT2D eigenvalue weighted by Crippen LogP contribution is 2.31. The van der Waals surface area contributed by atoms with Gasteiger partial charge in [0.15, 0.2) is 0 Å². The molecule has 0 aliphatic carbocycles. The quantitative estimate of drug-likeness (QED) is 0.867. The minimum Gasteiger partial charge on any atom is -0.497 e. The topological polar surface area (TPSA) is 29.5 Å². The van der Waals surface area contributed by atoms with Crippen molar-refractivity contribution in [3.05, 3.63) is 59.2 Å². The second-order valence-corrected chi connectivity index (χ2v) is 5.75. The number of nitrogens with zero attached hydrogens (tertiary/aromatic N) is 1. The minimum atomic E-state index is 0.167. The van der Waals surface area contributed by atoms with Gasteiger partial charge in [-0.15, -0.1) is 0 Å². The Kier molecular flexibility index (Phi) is 4.14.